The van der Waals surface area contributed by atoms with Gasteiger partial charge in [-0.2, -0.15) is 0 Å². The van der Waals surface area contributed by atoms with Crippen LogP contribution in [0.3, 0.4) is 0 Å². The van der Waals surface area contributed by atoms with Crippen LogP contribution in [0.5, 0.6) is 0 Å². The molecule has 1 fully saturated rings. The molecule has 0 aromatic carbocycles. The predicted molar refractivity (Wildman–Crippen MR) is 88.4 cm³/mol. The predicted octanol–water partition coefficient (Wildman–Crippen LogP) is 1.83. The van der Waals surface area contributed by atoms with E-state index in [2.05, 4.69) is 24.1 Å². The Hall–Kier alpha value is -0.0266. The van der Waals surface area contributed by atoms with Crippen molar-refractivity contribution in [2.24, 2.45) is 0 Å². The molecule has 0 spiro atoms. The van der Waals surface area contributed by atoms with Crippen LogP contribution in [0.4, 0.5) is 0 Å². The van der Waals surface area contributed by atoms with Crippen molar-refractivity contribution in [2.75, 3.05) is 46.0 Å². The van der Waals surface area contributed by atoms with Gasteiger partial charge in [0.25, 0.3) is 0 Å². The third kappa shape index (κ3) is 9.14. The van der Waals surface area contributed by atoms with Gasteiger partial charge in [-0.15, -0.1) is 13.1 Å². The Morgan fingerprint density at radius 2 is 1.87 bits per heavy atom. The number of rotatable bonds is 11. The van der Waals surface area contributed by atoms with E-state index < -0.39 is 0 Å². The standard InChI is InChI=1S/C17H32N2O3.Zn/c1-4-19(5-2)12-13-21-15-17(10-8-7-9-11-17)18-14-16(20)22-6-3;/h18H,1-2,4-15H2,3H3;/q-2;+2. The van der Waals surface area contributed by atoms with E-state index in [1.54, 1.807) is 0 Å². The molecule has 0 aromatic heterocycles. The van der Waals surface area contributed by atoms with E-state index in [1.165, 1.54) is 19.3 Å². The Kier molecular flexibility index (Phi) is 13.3. The average Bonchev–Trinajstić information content (AvgIpc) is 2.55. The fourth-order valence-electron chi connectivity index (χ4n) is 2.87. The Bertz CT molecular complexity index is 306. The summed E-state index contributed by atoms with van der Waals surface area (Å²) in [7, 11) is 0. The Labute approximate surface area is 154 Å². The van der Waals surface area contributed by atoms with Crippen LogP contribution < -0.4 is 5.32 Å². The molecule has 0 saturated heterocycles. The summed E-state index contributed by atoms with van der Waals surface area (Å²) in [6.45, 7) is 13.9. The van der Waals surface area contributed by atoms with Crippen LogP contribution in [-0.2, 0) is 33.7 Å². The molecular weight excluding hydrogens is 346 g/mol. The molecule has 0 amide bonds. The fraction of sp³-hybridized carbons (Fsp3) is 0.824. The van der Waals surface area contributed by atoms with Crippen molar-refractivity contribution in [3.05, 3.63) is 13.8 Å². The first-order chi connectivity index (χ1) is 10.7. The molecule has 1 saturated carbocycles. The monoisotopic (exact) mass is 376 g/mol. The van der Waals surface area contributed by atoms with E-state index in [0.717, 1.165) is 32.5 Å². The number of esters is 1. The summed E-state index contributed by atoms with van der Waals surface area (Å²) in [6.07, 6.45) is 5.74. The quantitative estimate of drug-likeness (QED) is 0.258. The molecule has 0 bridgehead atoms. The molecule has 1 N–H and O–H groups in total. The van der Waals surface area contributed by atoms with Crippen LogP contribution in [0.15, 0.2) is 0 Å². The van der Waals surface area contributed by atoms with Gasteiger partial charge < -0.3 is 28.2 Å². The van der Waals surface area contributed by atoms with E-state index in [0.29, 0.717) is 19.8 Å². The normalized spacial score (nSPS) is 16.9. The van der Waals surface area contributed by atoms with Gasteiger partial charge in [0, 0.05) is 12.1 Å². The topological polar surface area (TPSA) is 50.8 Å². The summed E-state index contributed by atoms with van der Waals surface area (Å²) in [4.78, 5) is 13.7. The molecule has 0 aliphatic heterocycles. The summed E-state index contributed by atoms with van der Waals surface area (Å²) in [5, 5.41) is 3.40. The summed E-state index contributed by atoms with van der Waals surface area (Å²) in [5.74, 6) is -0.187. The first kappa shape index (κ1) is 23.0. The number of nitrogens with zero attached hydrogens (tertiary/aromatic N) is 1. The second-order valence-electron chi connectivity index (χ2n) is 5.89. The number of nitrogens with one attached hydrogen (secondary N) is 1. The molecule has 1 rings (SSSR count). The maximum absolute atomic E-state index is 11.6. The van der Waals surface area contributed by atoms with Gasteiger partial charge in [0.1, 0.15) is 0 Å². The summed E-state index contributed by atoms with van der Waals surface area (Å²) >= 11 is 0. The molecule has 0 heterocycles. The minimum atomic E-state index is -0.187. The van der Waals surface area contributed by atoms with Gasteiger partial charge >= 0.3 is 25.4 Å². The second-order valence-corrected chi connectivity index (χ2v) is 5.89. The number of ether oxygens (including phenoxy) is 2. The van der Waals surface area contributed by atoms with E-state index >= 15 is 0 Å². The third-order valence-electron chi connectivity index (χ3n) is 4.29. The van der Waals surface area contributed by atoms with Crippen LogP contribution in [0.1, 0.15) is 39.0 Å². The van der Waals surface area contributed by atoms with Crippen molar-refractivity contribution in [1.29, 1.82) is 0 Å². The maximum atomic E-state index is 11.6. The van der Waals surface area contributed by atoms with Gasteiger partial charge in [-0.25, -0.2) is 0 Å². The van der Waals surface area contributed by atoms with Crippen molar-refractivity contribution in [2.45, 2.75) is 44.6 Å². The molecule has 0 unspecified atom stereocenters. The third-order valence-corrected chi connectivity index (χ3v) is 4.29. The van der Waals surface area contributed by atoms with Crippen molar-refractivity contribution in [3.8, 4) is 0 Å². The Balaban J connectivity index is 0.00000484. The van der Waals surface area contributed by atoms with Gasteiger partial charge in [-0.1, -0.05) is 19.3 Å². The van der Waals surface area contributed by atoms with Crippen molar-refractivity contribution in [1.82, 2.24) is 10.2 Å². The molecule has 0 aromatic rings. The van der Waals surface area contributed by atoms with E-state index in [9.17, 15) is 4.79 Å². The van der Waals surface area contributed by atoms with Crippen molar-refractivity contribution >= 4 is 5.97 Å². The summed E-state index contributed by atoms with van der Waals surface area (Å²) in [6, 6.07) is 0. The molecule has 1 aliphatic carbocycles. The summed E-state index contributed by atoms with van der Waals surface area (Å²) < 4.78 is 10.9. The molecular formula is C17H32N2O3Zn. The smallest absolute Gasteiger partial charge is 0.465 e. The van der Waals surface area contributed by atoms with Gasteiger partial charge in [0.05, 0.1) is 26.4 Å². The van der Waals surface area contributed by atoms with Crippen LogP contribution in [0.2, 0.25) is 0 Å². The largest absolute Gasteiger partial charge is 2.00 e. The molecule has 130 valence electrons. The van der Waals surface area contributed by atoms with E-state index in [4.69, 9.17) is 9.47 Å². The zero-order chi connectivity index (χ0) is 16.3. The Morgan fingerprint density at radius 3 is 2.43 bits per heavy atom. The van der Waals surface area contributed by atoms with Gasteiger partial charge in [0.15, 0.2) is 0 Å². The zero-order valence-corrected chi connectivity index (χ0v) is 17.7. The molecule has 5 nitrogen and oxygen atoms in total. The number of carbonyl (C=O) groups is 1. The molecule has 6 heteroatoms. The first-order valence-electron chi connectivity index (χ1n) is 8.45. The van der Waals surface area contributed by atoms with Gasteiger partial charge in [-0.05, 0) is 19.8 Å². The maximum Gasteiger partial charge on any atom is 2.00 e. The first-order valence-corrected chi connectivity index (χ1v) is 8.45. The van der Waals surface area contributed by atoms with Gasteiger partial charge in [0.2, 0.25) is 0 Å². The van der Waals surface area contributed by atoms with Crippen LogP contribution >= 0.6 is 0 Å². The Morgan fingerprint density at radius 1 is 1.22 bits per heavy atom. The fourth-order valence-corrected chi connectivity index (χ4v) is 2.87. The summed E-state index contributed by atoms with van der Waals surface area (Å²) in [5.41, 5.74) is -0.0786. The zero-order valence-electron chi connectivity index (χ0n) is 14.8. The minimum absolute atomic E-state index is 0. The second kappa shape index (κ2) is 13.3. The van der Waals surface area contributed by atoms with Crippen LogP contribution in [-0.4, -0.2) is 62.4 Å². The van der Waals surface area contributed by atoms with Crippen LogP contribution in [0, 0.1) is 13.8 Å². The molecule has 0 atom stereocenters. The van der Waals surface area contributed by atoms with E-state index in [1.807, 2.05) is 6.92 Å². The molecule has 23 heavy (non-hydrogen) atoms. The van der Waals surface area contributed by atoms with Crippen molar-refractivity contribution in [3.63, 3.8) is 0 Å². The molecule has 0 radical (unpaired) electrons. The van der Waals surface area contributed by atoms with E-state index in [-0.39, 0.29) is 37.5 Å². The van der Waals surface area contributed by atoms with Gasteiger partial charge in [-0.3, -0.25) is 10.1 Å². The number of hydrogen-bond donors (Lipinski definition) is 1. The number of hydrogen-bond acceptors (Lipinski definition) is 5. The molecule has 1 aliphatic rings. The SMILES string of the molecule is [CH2-]CN(C[CH2-])CCOCC1(NCC(=O)OCC)CCCCC1.[Zn+2]. The average molecular weight is 378 g/mol. The van der Waals surface area contributed by atoms with Crippen LogP contribution in [0.25, 0.3) is 0 Å². The number of carbonyl (C=O) groups excluding carboxylic acids is 1. The minimum Gasteiger partial charge on any atom is -0.465 e. The van der Waals surface area contributed by atoms with Crippen molar-refractivity contribution < 1.29 is 33.7 Å².